The zero-order valence-electron chi connectivity index (χ0n) is 10.8. The summed E-state index contributed by atoms with van der Waals surface area (Å²) in [5.74, 6) is 5.56. The Kier molecular flexibility index (Phi) is 4.63. The van der Waals surface area contributed by atoms with Crippen LogP contribution in [0.4, 0.5) is 13.2 Å². The van der Waals surface area contributed by atoms with Crippen LogP contribution >= 0.6 is 15.9 Å². The highest BCUT2D eigenvalue weighted by molar-refractivity contribution is 9.10. The quantitative estimate of drug-likeness (QED) is 0.357. The molecule has 7 heteroatoms. The molecular weight excluding hydrogens is 323 g/mol. The molecule has 19 heavy (non-hydrogen) atoms. The molecule has 1 rings (SSSR count). The highest BCUT2D eigenvalue weighted by Gasteiger charge is 2.31. The Hall–Kier alpha value is -1.08. The van der Waals surface area contributed by atoms with Gasteiger partial charge in [0.25, 0.3) is 0 Å². The van der Waals surface area contributed by atoms with Gasteiger partial charge >= 0.3 is 6.18 Å². The van der Waals surface area contributed by atoms with E-state index < -0.39 is 17.3 Å². The molecule has 106 valence electrons. The van der Waals surface area contributed by atoms with Crippen LogP contribution in [-0.2, 0) is 6.18 Å². The molecule has 0 aliphatic rings. The maximum absolute atomic E-state index is 12.7. The Morgan fingerprint density at radius 3 is 2.26 bits per heavy atom. The number of hydrogen-bond acceptors (Lipinski definition) is 2. The zero-order valence-corrected chi connectivity index (χ0v) is 12.4. The maximum atomic E-state index is 12.7. The molecule has 0 aliphatic heterocycles. The van der Waals surface area contributed by atoms with Crippen molar-refractivity contribution in [2.24, 2.45) is 10.8 Å². The number of nitrogens with zero attached hydrogens (tertiary/aromatic N) is 1. The van der Waals surface area contributed by atoms with Gasteiger partial charge in [-0.2, -0.15) is 13.2 Å². The molecule has 0 atom stereocenters. The molecule has 0 radical (unpaired) electrons. The minimum absolute atomic E-state index is 0.200. The maximum Gasteiger partial charge on any atom is 0.416 e. The largest absolute Gasteiger partial charge is 0.416 e. The lowest BCUT2D eigenvalue weighted by atomic mass is 10.1. The number of amidine groups is 1. The van der Waals surface area contributed by atoms with Gasteiger partial charge in [0.2, 0.25) is 0 Å². The molecule has 3 N–H and O–H groups in total. The van der Waals surface area contributed by atoms with Gasteiger partial charge in [0.15, 0.2) is 0 Å². The second-order valence-electron chi connectivity index (χ2n) is 4.97. The average Bonchev–Trinajstić information content (AvgIpc) is 2.24. The van der Waals surface area contributed by atoms with Gasteiger partial charge in [0, 0.05) is 10.0 Å². The van der Waals surface area contributed by atoms with Crippen molar-refractivity contribution in [1.82, 2.24) is 5.43 Å². The Morgan fingerprint density at radius 2 is 1.84 bits per heavy atom. The van der Waals surface area contributed by atoms with Crippen LogP contribution in [0.25, 0.3) is 0 Å². The highest BCUT2D eigenvalue weighted by atomic mass is 79.9. The average molecular weight is 338 g/mol. The van der Waals surface area contributed by atoms with Crippen LogP contribution in [0.1, 0.15) is 31.9 Å². The van der Waals surface area contributed by atoms with E-state index in [4.69, 9.17) is 5.84 Å². The Balaban J connectivity index is 3.36. The number of rotatable bonds is 1. The second-order valence-corrected chi connectivity index (χ2v) is 5.82. The fourth-order valence-corrected chi connectivity index (χ4v) is 1.82. The summed E-state index contributed by atoms with van der Waals surface area (Å²) in [5, 5.41) is 0. The van der Waals surface area contributed by atoms with E-state index in [0.29, 0.717) is 4.47 Å². The molecule has 0 bridgehead atoms. The SMILES string of the molecule is CC(C)(C)N=C(NN)c1cc(C(F)(F)F)ccc1Br. The van der Waals surface area contributed by atoms with Crippen LogP contribution in [0.15, 0.2) is 27.7 Å². The van der Waals surface area contributed by atoms with E-state index in [1.54, 1.807) is 0 Å². The number of hydrogen-bond donors (Lipinski definition) is 2. The Morgan fingerprint density at radius 1 is 1.26 bits per heavy atom. The third-order valence-electron chi connectivity index (χ3n) is 2.13. The first-order valence-electron chi connectivity index (χ1n) is 5.48. The predicted octanol–water partition coefficient (Wildman–Crippen LogP) is 3.48. The summed E-state index contributed by atoms with van der Waals surface area (Å²) < 4.78 is 38.6. The van der Waals surface area contributed by atoms with Crippen molar-refractivity contribution in [3.05, 3.63) is 33.8 Å². The topological polar surface area (TPSA) is 50.4 Å². The summed E-state index contributed by atoms with van der Waals surface area (Å²) in [6.07, 6.45) is -4.41. The van der Waals surface area contributed by atoms with E-state index in [0.717, 1.165) is 12.1 Å². The summed E-state index contributed by atoms with van der Waals surface area (Å²) in [4.78, 5) is 4.26. The lowest BCUT2D eigenvalue weighted by Gasteiger charge is -2.17. The van der Waals surface area contributed by atoms with Crippen molar-refractivity contribution < 1.29 is 13.2 Å². The van der Waals surface area contributed by atoms with Crippen molar-refractivity contribution in [2.45, 2.75) is 32.5 Å². The summed E-state index contributed by atoms with van der Waals surface area (Å²) in [7, 11) is 0. The van der Waals surface area contributed by atoms with E-state index in [1.807, 2.05) is 20.8 Å². The van der Waals surface area contributed by atoms with Gasteiger partial charge in [0.05, 0.1) is 11.1 Å². The monoisotopic (exact) mass is 337 g/mol. The lowest BCUT2D eigenvalue weighted by Crippen LogP contribution is -2.34. The van der Waals surface area contributed by atoms with Gasteiger partial charge in [0.1, 0.15) is 5.84 Å². The molecular formula is C12H15BrF3N3. The summed E-state index contributed by atoms with van der Waals surface area (Å²) in [6.45, 7) is 5.48. The third-order valence-corrected chi connectivity index (χ3v) is 2.82. The Bertz CT molecular complexity index is 490. The van der Waals surface area contributed by atoms with Crippen LogP contribution in [0.2, 0.25) is 0 Å². The number of hydrazine groups is 1. The molecule has 0 spiro atoms. The summed E-state index contributed by atoms with van der Waals surface area (Å²) in [6, 6.07) is 3.33. The first kappa shape index (κ1) is 16.0. The normalized spacial score (nSPS) is 13.6. The van der Waals surface area contributed by atoms with Gasteiger partial charge in [-0.05, 0) is 39.0 Å². The van der Waals surface area contributed by atoms with E-state index in [1.165, 1.54) is 6.07 Å². The summed E-state index contributed by atoms with van der Waals surface area (Å²) in [5.41, 5.74) is 1.41. The van der Waals surface area contributed by atoms with Crippen molar-refractivity contribution in [1.29, 1.82) is 0 Å². The van der Waals surface area contributed by atoms with E-state index in [2.05, 4.69) is 26.3 Å². The molecule has 0 unspecified atom stereocenters. The number of nitrogens with one attached hydrogen (secondary N) is 1. The van der Waals surface area contributed by atoms with Crippen LogP contribution < -0.4 is 11.3 Å². The minimum Gasteiger partial charge on any atom is -0.308 e. The number of aliphatic imine (C=N–C) groups is 1. The molecule has 0 amide bonds. The molecule has 0 saturated carbocycles. The van der Waals surface area contributed by atoms with Gasteiger partial charge in [-0.1, -0.05) is 15.9 Å². The smallest absolute Gasteiger partial charge is 0.308 e. The molecule has 3 nitrogen and oxygen atoms in total. The van der Waals surface area contributed by atoms with E-state index in [-0.39, 0.29) is 11.4 Å². The molecule has 0 aromatic heterocycles. The van der Waals surface area contributed by atoms with Crippen LogP contribution in [0.5, 0.6) is 0 Å². The van der Waals surface area contributed by atoms with Gasteiger partial charge in [-0.3, -0.25) is 4.99 Å². The number of nitrogens with two attached hydrogens (primary N) is 1. The van der Waals surface area contributed by atoms with Crippen molar-refractivity contribution in [3.8, 4) is 0 Å². The first-order chi connectivity index (χ1) is 8.54. The van der Waals surface area contributed by atoms with E-state index >= 15 is 0 Å². The molecule has 1 aromatic carbocycles. The highest BCUT2D eigenvalue weighted by Crippen LogP contribution is 2.32. The minimum atomic E-state index is -4.41. The van der Waals surface area contributed by atoms with Gasteiger partial charge in [-0.15, -0.1) is 0 Å². The zero-order chi connectivity index (χ0) is 14.8. The summed E-state index contributed by atoms with van der Waals surface area (Å²) >= 11 is 3.20. The first-order valence-corrected chi connectivity index (χ1v) is 6.27. The van der Waals surface area contributed by atoms with Crippen LogP contribution in [0.3, 0.4) is 0 Å². The van der Waals surface area contributed by atoms with Crippen molar-refractivity contribution in [2.75, 3.05) is 0 Å². The molecule has 0 aliphatic carbocycles. The number of benzene rings is 1. The fraction of sp³-hybridized carbons (Fsp3) is 0.417. The van der Waals surface area contributed by atoms with Gasteiger partial charge in [-0.25, -0.2) is 5.84 Å². The van der Waals surface area contributed by atoms with E-state index in [9.17, 15) is 13.2 Å². The number of halogens is 4. The number of alkyl halides is 3. The molecule has 0 saturated heterocycles. The van der Waals surface area contributed by atoms with Crippen molar-refractivity contribution in [3.63, 3.8) is 0 Å². The van der Waals surface area contributed by atoms with Gasteiger partial charge < -0.3 is 5.43 Å². The molecule has 0 heterocycles. The Labute approximate surface area is 118 Å². The lowest BCUT2D eigenvalue weighted by molar-refractivity contribution is -0.137. The van der Waals surface area contributed by atoms with Crippen LogP contribution in [-0.4, -0.2) is 11.4 Å². The van der Waals surface area contributed by atoms with Crippen LogP contribution in [0, 0.1) is 0 Å². The standard InChI is InChI=1S/C12H15BrF3N3/c1-11(2,3)18-10(19-17)8-6-7(12(14,15)16)4-5-9(8)13/h4-6H,17H2,1-3H3,(H,18,19). The fourth-order valence-electron chi connectivity index (χ4n) is 1.39. The third kappa shape index (κ3) is 4.50. The van der Waals surface area contributed by atoms with Crippen molar-refractivity contribution >= 4 is 21.8 Å². The predicted molar refractivity (Wildman–Crippen MR) is 72.8 cm³/mol. The molecule has 0 fully saturated rings. The second kappa shape index (κ2) is 5.50. The molecule has 1 aromatic rings.